The van der Waals surface area contributed by atoms with Gasteiger partial charge < -0.3 is 9.84 Å². The summed E-state index contributed by atoms with van der Waals surface area (Å²) in [5.74, 6) is 2.08. The number of carbonyl (C=O) groups excluding carboxylic acids is 1. The van der Waals surface area contributed by atoms with E-state index in [1.807, 2.05) is 62.4 Å². The molecule has 4 rings (SSSR count). The lowest BCUT2D eigenvalue weighted by molar-refractivity contribution is -0.116. The number of nitrogens with one attached hydrogen (secondary N) is 2. The fraction of sp³-hybridized carbons (Fsp3) is 0.227. The quantitative estimate of drug-likeness (QED) is 0.397. The highest BCUT2D eigenvalue weighted by Gasteiger charge is 2.12. The van der Waals surface area contributed by atoms with Crippen molar-refractivity contribution in [1.82, 2.24) is 25.3 Å². The molecule has 0 spiro atoms. The molecule has 8 nitrogen and oxygen atoms in total. The molecule has 0 aliphatic heterocycles. The third kappa shape index (κ3) is 5.58. The number of thioether (sulfide) groups is 1. The number of carbonyl (C=O) groups is 1. The van der Waals surface area contributed by atoms with Gasteiger partial charge in [-0.3, -0.25) is 9.89 Å². The number of hydrogen-bond donors (Lipinski definition) is 2. The maximum Gasteiger partial charge on any atom is 0.227 e. The number of rotatable bonds is 8. The molecule has 2 aromatic heterocycles. The van der Waals surface area contributed by atoms with Crippen LogP contribution in [0.3, 0.4) is 0 Å². The number of anilines is 1. The molecule has 0 bridgehead atoms. The molecule has 2 heterocycles. The molecular formula is C22H22N6O2S. The van der Waals surface area contributed by atoms with Gasteiger partial charge >= 0.3 is 0 Å². The summed E-state index contributed by atoms with van der Waals surface area (Å²) in [5.41, 5.74) is 4.09. The summed E-state index contributed by atoms with van der Waals surface area (Å²) < 4.78 is 5.26. The number of aromatic nitrogens is 5. The predicted molar refractivity (Wildman–Crippen MR) is 119 cm³/mol. The van der Waals surface area contributed by atoms with Crippen molar-refractivity contribution in [3.05, 3.63) is 71.4 Å². The van der Waals surface area contributed by atoms with Crippen LogP contribution >= 0.6 is 11.8 Å². The van der Waals surface area contributed by atoms with Crippen molar-refractivity contribution in [3.8, 4) is 11.4 Å². The Morgan fingerprint density at radius 2 is 1.94 bits per heavy atom. The highest BCUT2D eigenvalue weighted by Crippen LogP contribution is 2.21. The van der Waals surface area contributed by atoms with Gasteiger partial charge in [-0.2, -0.15) is 4.98 Å². The van der Waals surface area contributed by atoms with Gasteiger partial charge in [0.05, 0.1) is 5.75 Å². The van der Waals surface area contributed by atoms with Crippen LogP contribution in [0.25, 0.3) is 11.4 Å². The topological polar surface area (TPSA) is 110 Å². The van der Waals surface area contributed by atoms with Crippen LogP contribution in [-0.4, -0.2) is 31.2 Å². The maximum atomic E-state index is 12.2. The Hall–Kier alpha value is -3.46. The van der Waals surface area contributed by atoms with Gasteiger partial charge in [0.25, 0.3) is 0 Å². The van der Waals surface area contributed by atoms with E-state index in [9.17, 15) is 4.79 Å². The Labute approximate surface area is 183 Å². The number of amides is 1. The summed E-state index contributed by atoms with van der Waals surface area (Å²) in [6, 6.07) is 15.6. The fourth-order valence-electron chi connectivity index (χ4n) is 2.88. The summed E-state index contributed by atoms with van der Waals surface area (Å²) in [6.45, 7) is 4.06. The number of aromatic amines is 1. The van der Waals surface area contributed by atoms with Crippen molar-refractivity contribution in [1.29, 1.82) is 0 Å². The highest BCUT2D eigenvalue weighted by molar-refractivity contribution is 7.98. The van der Waals surface area contributed by atoms with Gasteiger partial charge in [-0.15, -0.1) is 5.10 Å². The molecule has 1 amide bonds. The van der Waals surface area contributed by atoms with Crippen molar-refractivity contribution in [2.24, 2.45) is 0 Å². The van der Waals surface area contributed by atoms with E-state index in [0.29, 0.717) is 34.9 Å². The van der Waals surface area contributed by atoms with Gasteiger partial charge in [0, 0.05) is 24.1 Å². The number of hydrogen-bond acceptors (Lipinski definition) is 7. The summed E-state index contributed by atoms with van der Waals surface area (Å²) in [5, 5.41) is 14.6. The molecule has 0 saturated carbocycles. The second-order valence-electron chi connectivity index (χ2n) is 7.07. The third-order valence-electron chi connectivity index (χ3n) is 4.71. The third-order valence-corrected chi connectivity index (χ3v) is 5.55. The number of benzene rings is 2. The van der Waals surface area contributed by atoms with Gasteiger partial charge in [-0.1, -0.05) is 53.3 Å². The molecule has 9 heteroatoms. The van der Waals surface area contributed by atoms with Crippen molar-refractivity contribution in [2.75, 3.05) is 5.32 Å². The minimum atomic E-state index is -0.0912. The van der Waals surface area contributed by atoms with E-state index in [4.69, 9.17) is 4.52 Å². The summed E-state index contributed by atoms with van der Waals surface area (Å²) in [7, 11) is 0. The molecule has 158 valence electrons. The summed E-state index contributed by atoms with van der Waals surface area (Å²) in [6.07, 6.45) is 0.649. The van der Waals surface area contributed by atoms with Gasteiger partial charge in [0.2, 0.25) is 17.0 Å². The monoisotopic (exact) mass is 434 g/mol. The van der Waals surface area contributed by atoms with Crippen LogP contribution < -0.4 is 5.32 Å². The van der Waals surface area contributed by atoms with Crippen LogP contribution in [0.15, 0.2) is 58.2 Å². The minimum absolute atomic E-state index is 0.0912. The van der Waals surface area contributed by atoms with Crippen molar-refractivity contribution < 1.29 is 9.32 Å². The van der Waals surface area contributed by atoms with Gasteiger partial charge in [-0.05, 0) is 37.1 Å². The van der Waals surface area contributed by atoms with Gasteiger partial charge in [0.1, 0.15) is 0 Å². The number of aryl methyl sites for hydroxylation is 3. The second kappa shape index (κ2) is 9.57. The van der Waals surface area contributed by atoms with Crippen LogP contribution in [-0.2, 0) is 17.0 Å². The Kier molecular flexibility index (Phi) is 6.42. The predicted octanol–water partition coefficient (Wildman–Crippen LogP) is 4.34. The second-order valence-corrected chi connectivity index (χ2v) is 8.02. The normalized spacial score (nSPS) is 10.9. The van der Waals surface area contributed by atoms with Crippen LogP contribution in [0.4, 0.5) is 5.69 Å². The first kappa shape index (κ1) is 20.8. The van der Waals surface area contributed by atoms with E-state index in [1.54, 1.807) is 0 Å². The summed E-state index contributed by atoms with van der Waals surface area (Å²) >= 11 is 1.41. The van der Waals surface area contributed by atoms with Crippen molar-refractivity contribution >= 4 is 23.4 Å². The highest BCUT2D eigenvalue weighted by atomic mass is 32.2. The SMILES string of the molecule is Cc1ccc(NC(=O)CCc2nc(CSc3n[nH]c(-c4ccccc4)n3)no2)cc1C. The molecule has 0 fully saturated rings. The number of nitrogens with zero attached hydrogens (tertiary/aromatic N) is 4. The molecule has 0 aliphatic rings. The zero-order chi connectivity index (χ0) is 21.6. The van der Waals surface area contributed by atoms with Crippen LogP contribution in [0.1, 0.15) is 29.3 Å². The van der Waals surface area contributed by atoms with E-state index in [0.717, 1.165) is 16.8 Å². The standard InChI is InChI=1S/C22H22N6O2S/c1-14-8-9-17(12-15(14)2)23-19(29)10-11-20-24-18(28-30-20)13-31-22-25-21(26-27-22)16-6-4-3-5-7-16/h3-9,12H,10-11,13H2,1-2H3,(H,23,29)(H,25,26,27). The van der Waals surface area contributed by atoms with E-state index in [-0.39, 0.29) is 12.3 Å². The molecule has 0 atom stereocenters. The molecule has 4 aromatic rings. The summed E-state index contributed by atoms with van der Waals surface area (Å²) in [4.78, 5) is 21.0. The Bertz CT molecular complexity index is 1170. The van der Waals surface area contributed by atoms with Gasteiger partial charge in [-0.25, -0.2) is 4.98 Å². The fourth-order valence-corrected chi connectivity index (χ4v) is 3.52. The molecule has 2 N–H and O–H groups in total. The Morgan fingerprint density at radius 1 is 1.10 bits per heavy atom. The van der Waals surface area contributed by atoms with Crippen LogP contribution in [0.5, 0.6) is 0 Å². The first-order valence-corrected chi connectivity index (χ1v) is 10.8. The molecule has 0 radical (unpaired) electrons. The average molecular weight is 435 g/mol. The molecule has 0 aliphatic carbocycles. The lowest BCUT2D eigenvalue weighted by Crippen LogP contribution is -2.12. The molecular weight excluding hydrogens is 412 g/mol. The van der Waals surface area contributed by atoms with Crippen molar-refractivity contribution in [2.45, 2.75) is 37.6 Å². The Morgan fingerprint density at radius 3 is 2.74 bits per heavy atom. The molecule has 2 aromatic carbocycles. The Balaban J connectivity index is 1.25. The van der Waals surface area contributed by atoms with Crippen molar-refractivity contribution in [3.63, 3.8) is 0 Å². The van der Waals surface area contributed by atoms with E-state index < -0.39 is 0 Å². The largest absolute Gasteiger partial charge is 0.339 e. The van der Waals surface area contributed by atoms with Crippen LogP contribution in [0, 0.1) is 13.8 Å². The zero-order valence-electron chi connectivity index (χ0n) is 17.3. The van der Waals surface area contributed by atoms with E-state index in [2.05, 4.69) is 30.6 Å². The lowest BCUT2D eigenvalue weighted by atomic mass is 10.1. The first-order valence-electron chi connectivity index (χ1n) is 9.86. The van der Waals surface area contributed by atoms with Gasteiger partial charge in [0.15, 0.2) is 11.6 Å². The maximum absolute atomic E-state index is 12.2. The molecule has 31 heavy (non-hydrogen) atoms. The smallest absolute Gasteiger partial charge is 0.227 e. The van der Waals surface area contributed by atoms with Crippen LogP contribution in [0.2, 0.25) is 0 Å². The number of H-pyrrole nitrogens is 1. The molecule has 0 saturated heterocycles. The first-order chi connectivity index (χ1) is 15.1. The minimum Gasteiger partial charge on any atom is -0.339 e. The van der Waals surface area contributed by atoms with E-state index >= 15 is 0 Å². The average Bonchev–Trinajstić information content (AvgIpc) is 3.44. The molecule has 0 unspecified atom stereocenters. The zero-order valence-corrected chi connectivity index (χ0v) is 18.1. The van der Waals surface area contributed by atoms with E-state index in [1.165, 1.54) is 17.3 Å². The lowest BCUT2D eigenvalue weighted by Gasteiger charge is -2.06.